The van der Waals surface area contributed by atoms with Gasteiger partial charge in [0.2, 0.25) is 21.5 Å². The molecule has 7 heteroatoms. The maximum Gasteiger partial charge on any atom is 0.380 e. The molecule has 0 aliphatic carbocycles. The molecule has 2 aromatic carbocycles. The molecule has 0 spiro atoms. The van der Waals surface area contributed by atoms with E-state index in [9.17, 15) is 8.42 Å². The van der Waals surface area contributed by atoms with Crippen LogP contribution in [0.3, 0.4) is 0 Å². The highest BCUT2D eigenvalue weighted by atomic mass is 32.2. The third-order valence-electron chi connectivity index (χ3n) is 5.28. The van der Waals surface area contributed by atoms with Crippen LogP contribution in [0.15, 0.2) is 70.0 Å². The number of hydrogen-bond acceptors (Lipinski definition) is 4. The van der Waals surface area contributed by atoms with Crippen LogP contribution in [-0.4, -0.2) is 25.9 Å². The normalized spacial score (nSPS) is 20.1. The molecule has 6 nitrogen and oxygen atoms in total. The van der Waals surface area contributed by atoms with Crippen molar-refractivity contribution < 1.29 is 22.1 Å². The number of aromatic nitrogens is 1. The van der Waals surface area contributed by atoms with Gasteiger partial charge in [-0.2, -0.15) is 8.87 Å². The summed E-state index contributed by atoms with van der Waals surface area (Å²) in [6.45, 7) is 2.07. The SMILES string of the molecule is CO[C@H]1c2oc(-c3ccccc3)[n+](C)c2CN(S(=O)(=O)c2ccccc2)[C@H]1C. The minimum absolute atomic E-state index is 0.223. The summed E-state index contributed by atoms with van der Waals surface area (Å²) in [6.07, 6.45) is -0.495. The van der Waals surface area contributed by atoms with Crippen molar-refractivity contribution in [2.75, 3.05) is 7.11 Å². The summed E-state index contributed by atoms with van der Waals surface area (Å²) in [5.74, 6) is 1.36. The molecule has 28 heavy (non-hydrogen) atoms. The highest BCUT2D eigenvalue weighted by Gasteiger charge is 2.47. The summed E-state index contributed by atoms with van der Waals surface area (Å²) in [4.78, 5) is 0.273. The van der Waals surface area contributed by atoms with Crippen LogP contribution >= 0.6 is 0 Å². The molecule has 0 unspecified atom stereocenters. The molecular formula is C21H23N2O4S+. The van der Waals surface area contributed by atoms with Crippen molar-refractivity contribution in [3.63, 3.8) is 0 Å². The van der Waals surface area contributed by atoms with Crippen LogP contribution in [0.4, 0.5) is 0 Å². The zero-order chi connectivity index (χ0) is 19.9. The average Bonchev–Trinajstić information content (AvgIpc) is 3.05. The van der Waals surface area contributed by atoms with Gasteiger partial charge in [-0.25, -0.2) is 8.42 Å². The fourth-order valence-electron chi connectivity index (χ4n) is 3.76. The second-order valence-electron chi connectivity index (χ2n) is 6.90. The van der Waals surface area contributed by atoms with Crippen LogP contribution in [0.1, 0.15) is 24.5 Å². The van der Waals surface area contributed by atoms with Crippen molar-refractivity contribution in [1.82, 2.24) is 4.31 Å². The molecule has 0 N–H and O–H groups in total. The van der Waals surface area contributed by atoms with E-state index in [0.717, 1.165) is 11.3 Å². The molecule has 4 rings (SSSR count). The summed E-state index contributed by atoms with van der Waals surface area (Å²) in [7, 11) is -0.204. The van der Waals surface area contributed by atoms with E-state index in [1.54, 1.807) is 37.4 Å². The molecule has 2 heterocycles. The second-order valence-corrected chi connectivity index (χ2v) is 8.79. The van der Waals surface area contributed by atoms with Crippen LogP contribution in [0.25, 0.3) is 11.5 Å². The summed E-state index contributed by atoms with van der Waals surface area (Å²) in [6, 6.07) is 17.8. The molecule has 1 aliphatic rings. The molecule has 1 aromatic heterocycles. The lowest BCUT2D eigenvalue weighted by Crippen LogP contribution is -2.49. The molecule has 3 aromatic rings. The highest BCUT2D eigenvalue weighted by Crippen LogP contribution is 2.38. The quantitative estimate of drug-likeness (QED) is 0.633. The Morgan fingerprint density at radius 2 is 1.68 bits per heavy atom. The third-order valence-corrected chi connectivity index (χ3v) is 7.23. The molecule has 0 amide bonds. The van der Waals surface area contributed by atoms with Gasteiger partial charge in [-0.1, -0.05) is 36.4 Å². The molecule has 0 saturated carbocycles. The van der Waals surface area contributed by atoms with Gasteiger partial charge in [0.25, 0.3) is 0 Å². The number of benzene rings is 2. The van der Waals surface area contributed by atoms with E-state index in [2.05, 4.69) is 0 Å². The predicted molar refractivity (Wildman–Crippen MR) is 104 cm³/mol. The van der Waals surface area contributed by atoms with Crippen molar-refractivity contribution in [3.8, 4) is 11.5 Å². The number of ether oxygens (including phenoxy) is 1. The Morgan fingerprint density at radius 3 is 2.29 bits per heavy atom. The van der Waals surface area contributed by atoms with Gasteiger partial charge in [0, 0.05) is 7.11 Å². The van der Waals surface area contributed by atoms with E-state index in [0.29, 0.717) is 11.7 Å². The van der Waals surface area contributed by atoms with E-state index < -0.39 is 22.2 Å². The summed E-state index contributed by atoms with van der Waals surface area (Å²) in [5, 5.41) is 0. The Kier molecular flexibility index (Phi) is 4.82. The number of sulfonamides is 1. The Hall–Kier alpha value is -2.48. The second kappa shape index (κ2) is 7.16. The summed E-state index contributed by atoms with van der Waals surface area (Å²) >= 11 is 0. The van der Waals surface area contributed by atoms with Gasteiger partial charge in [0.1, 0.15) is 19.7 Å². The fraction of sp³-hybridized carbons (Fsp3) is 0.286. The zero-order valence-corrected chi connectivity index (χ0v) is 16.9. The van der Waals surface area contributed by atoms with Crippen molar-refractivity contribution in [3.05, 3.63) is 72.1 Å². The number of methoxy groups -OCH3 is 1. The first-order valence-electron chi connectivity index (χ1n) is 9.12. The zero-order valence-electron chi connectivity index (χ0n) is 16.1. The fourth-order valence-corrected chi connectivity index (χ4v) is 5.37. The van der Waals surface area contributed by atoms with Gasteiger partial charge in [-0.05, 0) is 31.2 Å². The maximum absolute atomic E-state index is 13.3. The molecule has 0 bridgehead atoms. The number of fused-ring (bicyclic) bond motifs is 1. The van der Waals surface area contributed by atoms with Crippen molar-refractivity contribution in [2.24, 2.45) is 7.05 Å². The summed E-state index contributed by atoms with van der Waals surface area (Å²) in [5.41, 5.74) is 1.72. The van der Waals surface area contributed by atoms with Crippen LogP contribution in [0.2, 0.25) is 0 Å². The van der Waals surface area contributed by atoms with Gasteiger partial charge < -0.3 is 9.15 Å². The molecule has 0 saturated heterocycles. The van der Waals surface area contributed by atoms with Gasteiger partial charge in [-0.3, -0.25) is 0 Å². The van der Waals surface area contributed by atoms with Gasteiger partial charge in [0.15, 0.2) is 0 Å². The molecule has 0 fully saturated rings. The van der Waals surface area contributed by atoms with E-state index in [-0.39, 0.29) is 11.4 Å². The first-order chi connectivity index (χ1) is 13.4. The van der Waals surface area contributed by atoms with Crippen molar-refractivity contribution >= 4 is 10.0 Å². The standard InChI is InChI=1S/C21H23N2O4S/c1-15-19(26-3)20-18(22(2)21(27-20)16-10-6-4-7-11-16)14-23(15)28(24,25)17-12-8-5-9-13-17/h4-13,15,19H,14H2,1-3H3/q+1/t15-,19+/m0/s1. The lowest BCUT2D eigenvalue weighted by atomic mass is 10.0. The third kappa shape index (κ3) is 2.96. The number of oxazole rings is 1. The Labute approximate surface area is 165 Å². The maximum atomic E-state index is 13.3. The Bertz CT molecular complexity index is 1080. The first kappa shape index (κ1) is 18.9. The van der Waals surface area contributed by atoms with E-state index in [1.165, 1.54) is 4.31 Å². The monoisotopic (exact) mass is 399 g/mol. The molecule has 0 radical (unpaired) electrons. The van der Waals surface area contributed by atoms with E-state index in [1.807, 2.05) is 48.9 Å². The van der Waals surface area contributed by atoms with Gasteiger partial charge in [0.05, 0.1) is 16.5 Å². The Morgan fingerprint density at radius 1 is 1.07 bits per heavy atom. The predicted octanol–water partition coefficient (Wildman–Crippen LogP) is 3.05. The number of hydrogen-bond donors (Lipinski definition) is 0. The smallest absolute Gasteiger partial charge is 0.380 e. The largest absolute Gasteiger partial charge is 0.400 e. The van der Waals surface area contributed by atoms with E-state index >= 15 is 0 Å². The van der Waals surface area contributed by atoms with Gasteiger partial charge in [-0.15, -0.1) is 0 Å². The van der Waals surface area contributed by atoms with Crippen molar-refractivity contribution in [2.45, 2.75) is 30.5 Å². The van der Waals surface area contributed by atoms with E-state index in [4.69, 9.17) is 9.15 Å². The highest BCUT2D eigenvalue weighted by molar-refractivity contribution is 7.89. The van der Waals surface area contributed by atoms with Crippen LogP contribution in [0.5, 0.6) is 0 Å². The first-order valence-corrected chi connectivity index (χ1v) is 10.6. The minimum atomic E-state index is -3.67. The van der Waals surface area contributed by atoms with Crippen LogP contribution in [0, 0.1) is 0 Å². The summed E-state index contributed by atoms with van der Waals surface area (Å²) < 4.78 is 41.8. The molecule has 146 valence electrons. The van der Waals surface area contributed by atoms with Crippen molar-refractivity contribution in [1.29, 1.82) is 0 Å². The van der Waals surface area contributed by atoms with Gasteiger partial charge >= 0.3 is 5.89 Å². The molecule has 2 atom stereocenters. The number of rotatable bonds is 4. The minimum Gasteiger partial charge on any atom is -0.400 e. The molecular weight excluding hydrogens is 376 g/mol. The lowest BCUT2D eigenvalue weighted by molar-refractivity contribution is -0.671. The average molecular weight is 399 g/mol. The lowest BCUT2D eigenvalue weighted by Gasteiger charge is -2.34. The van der Waals surface area contributed by atoms with Crippen LogP contribution in [-0.2, 0) is 28.4 Å². The molecule has 1 aliphatic heterocycles. The Balaban J connectivity index is 1.82. The topological polar surface area (TPSA) is 63.6 Å². The number of nitrogens with zero attached hydrogens (tertiary/aromatic N) is 2. The van der Waals surface area contributed by atoms with Crippen LogP contribution < -0.4 is 4.57 Å².